The zero-order valence-corrected chi connectivity index (χ0v) is 13.7. The van der Waals surface area contributed by atoms with E-state index in [1.165, 1.54) is 0 Å². The molecular weight excluding hydrogens is 380 g/mol. The molecule has 0 radical (unpaired) electrons. The van der Waals surface area contributed by atoms with Gasteiger partial charge in [-0.15, -0.1) is 15.3 Å². The molecule has 0 saturated heterocycles. The number of nitrogens with one attached hydrogen (secondary N) is 1. The SMILES string of the molecule is FC(F)c1nnc2ccc(Nc3ccc4cc(Br)ccc4c3)nn12. The molecule has 0 bridgehead atoms. The van der Waals surface area contributed by atoms with Gasteiger partial charge in [-0.25, -0.2) is 8.78 Å². The number of nitrogens with zero attached hydrogens (tertiary/aromatic N) is 4. The van der Waals surface area contributed by atoms with Crippen LogP contribution in [0, 0.1) is 0 Å². The summed E-state index contributed by atoms with van der Waals surface area (Å²) >= 11 is 3.44. The summed E-state index contributed by atoms with van der Waals surface area (Å²) < 4.78 is 27.9. The van der Waals surface area contributed by atoms with Crippen molar-refractivity contribution < 1.29 is 8.78 Å². The van der Waals surface area contributed by atoms with Gasteiger partial charge in [-0.1, -0.05) is 28.1 Å². The van der Waals surface area contributed by atoms with Gasteiger partial charge in [0.25, 0.3) is 6.43 Å². The molecule has 0 aliphatic carbocycles. The van der Waals surface area contributed by atoms with Crippen LogP contribution >= 0.6 is 15.9 Å². The predicted octanol–water partition coefficient (Wildman–Crippen LogP) is 4.72. The van der Waals surface area contributed by atoms with Crippen molar-refractivity contribution in [3.05, 3.63) is 58.8 Å². The third-order valence-corrected chi connectivity index (χ3v) is 4.05. The molecule has 0 saturated carbocycles. The molecule has 0 aliphatic rings. The zero-order valence-electron chi connectivity index (χ0n) is 12.1. The van der Waals surface area contributed by atoms with E-state index in [0.29, 0.717) is 5.82 Å². The Kier molecular flexibility index (Phi) is 3.61. The molecule has 4 rings (SSSR count). The van der Waals surface area contributed by atoms with Gasteiger partial charge in [-0.3, -0.25) is 0 Å². The molecule has 0 atom stereocenters. The maximum absolute atomic E-state index is 12.9. The van der Waals surface area contributed by atoms with Crippen molar-refractivity contribution in [2.24, 2.45) is 0 Å². The zero-order chi connectivity index (χ0) is 16.7. The Morgan fingerprint density at radius 3 is 2.58 bits per heavy atom. The first kappa shape index (κ1) is 14.9. The molecular formula is C16H10BrF2N5. The molecule has 0 spiro atoms. The Morgan fingerprint density at radius 2 is 1.75 bits per heavy atom. The predicted molar refractivity (Wildman–Crippen MR) is 90.7 cm³/mol. The lowest BCUT2D eigenvalue weighted by molar-refractivity contribution is 0.137. The molecule has 5 nitrogen and oxygen atoms in total. The molecule has 24 heavy (non-hydrogen) atoms. The number of rotatable bonds is 3. The van der Waals surface area contributed by atoms with E-state index in [9.17, 15) is 8.78 Å². The van der Waals surface area contributed by atoms with Crippen LogP contribution in [0.5, 0.6) is 0 Å². The van der Waals surface area contributed by atoms with Gasteiger partial charge >= 0.3 is 0 Å². The summed E-state index contributed by atoms with van der Waals surface area (Å²) in [6, 6.07) is 15.1. The third-order valence-electron chi connectivity index (χ3n) is 3.56. The average molecular weight is 390 g/mol. The first-order chi connectivity index (χ1) is 11.6. The number of halogens is 3. The van der Waals surface area contributed by atoms with Crippen molar-refractivity contribution >= 4 is 43.9 Å². The molecule has 1 N–H and O–H groups in total. The van der Waals surface area contributed by atoms with Gasteiger partial charge in [-0.05, 0) is 47.2 Å². The largest absolute Gasteiger partial charge is 0.339 e. The van der Waals surface area contributed by atoms with E-state index in [1.807, 2.05) is 36.4 Å². The lowest BCUT2D eigenvalue weighted by Crippen LogP contribution is -2.02. The Bertz CT molecular complexity index is 1050. The van der Waals surface area contributed by atoms with Crippen molar-refractivity contribution in [2.45, 2.75) is 6.43 Å². The topological polar surface area (TPSA) is 55.1 Å². The summed E-state index contributed by atoms with van der Waals surface area (Å²) in [7, 11) is 0. The smallest absolute Gasteiger partial charge is 0.299 e. The Morgan fingerprint density at radius 1 is 0.958 bits per heavy atom. The summed E-state index contributed by atoms with van der Waals surface area (Å²) in [6.45, 7) is 0. The number of hydrogen-bond donors (Lipinski definition) is 1. The summed E-state index contributed by atoms with van der Waals surface area (Å²) in [5, 5.41) is 16.5. The van der Waals surface area contributed by atoms with Gasteiger partial charge < -0.3 is 5.32 Å². The molecule has 2 heterocycles. The van der Waals surface area contributed by atoms with Gasteiger partial charge in [0.2, 0.25) is 5.82 Å². The van der Waals surface area contributed by atoms with Crippen molar-refractivity contribution in [1.29, 1.82) is 0 Å². The van der Waals surface area contributed by atoms with Crippen molar-refractivity contribution in [3.63, 3.8) is 0 Å². The number of anilines is 2. The third kappa shape index (κ3) is 2.69. The fourth-order valence-corrected chi connectivity index (χ4v) is 2.83. The number of hydrogen-bond acceptors (Lipinski definition) is 4. The molecule has 2 aromatic heterocycles. The lowest BCUT2D eigenvalue weighted by Gasteiger charge is -2.08. The fraction of sp³-hybridized carbons (Fsp3) is 0.0625. The fourth-order valence-electron chi connectivity index (χ4n) is 2.45. The first-order valence-corrected chi connectivity index (χ1v) is 7.86. The van der Waals surface area contributed by atoms with E-state index in [1.54, 1.807) is 12.1 Å². The minimum absolute atomic E-state index is 0.277. The number of fused-ring (bicyclic) bond motifs is 2. The van der Waals surface area contributed by atoms with Crippen LogP contribution < -0.4 is 5.32 Å². The van der Waals surface area contributed by atoms with Gasteiger partial charge in [0.05, 0.1) is 0 Å². The van der Waals surface area contributed by atoms with E-state index in [-0.39, 0.29) is 5.65 Å². The van der Waals surface area contributed by atoms with Crippen LogP contribution in [-0.4, -0.2) is 19.8 Å². The minimum Gasteiger partial charge on any atom is -0.339 e. The van der Waals surface area contributed by atoms with Crippen molar-refractivity contribution in [2.75, 3.05) is 5.32 Å². The van der Waals surface area contributed by atoms with Crippen LogP contribution in [0.25, 0.3) is 16.4 Å². The monoisotopic (exact) mass is 389 g/mol. The first-order valence-electron chi connectivity index (χ1n) is 7.07. The summed E-state index contributed by atoms with van der Waals surface area (Å²) in [5.41, 5.74) is 1.09. The normalized spacial score (nSPS) is 11.5. The molecule has 120 valence electrons. The summed E-state index contributed by atoms with van der Waals surface area (Å²) in [6.07, 6.45) is -2.73. The second-order valence-electron chi connectivity index (χ2n) is 5.18. The Labute approximate surface area is 143 Å². The molecule has 8 heteroatoms. The quantitative estimate of drug-likeness (QED) is 0.550. The van der Waals surface area contributed by atoms with Crippen molar-refractivity contribution in [1.82, 2.24) is 19.8 Å². The van der Waals surface area contributed by atoms with Gasteiger partial charge in [0, 0.05) is 10.2 Å². The van der Waals surface area contributed by atoms with Gasteiger partial charge in [0.1, 0.15) is 0 Å². The molecule has 0 unspecified atom stereocenters. The van der Waals surface area contributed by atoms with E-state index in [2.05, 4.69) is 36.5 Å². The Balaban J connectivity index is 1.70. The molecule has 4 aromatic rings. The highest BCUT2D eigenvalue weighted by atomic mass is 79.9. The van der Waals surface area contributed by atoms with Crippen LogP contribution in [-0.2, 0) is 0 Å². The summed E-state index contributed by atoms with van der Waals surface area (Å²) in [5.74, 6) is -0.0438. The second-order valence-corrected chi connectivity index (χ2v) is 6.09. The van der Waals surface area contributed by atoms with Crippen LogP contribution in [0.4, 0.5) is 20.3 Å². The van der Waals surface area contributed by atoms with Gasteiger partial charge in [-0.2, -0.15) is 4.52 Å². The minimum atomic E-state index is -2.73. The lowest BCUT2D eigenvalue weighted by atomic mass is 10.1. The molecule has 0 amide bonds. The molecule has 2 aromatic carbocycles. The van der Waals surface area contributed by atoms with E-state index in [4.69, 9.17) is 0 Å². The highest BCUT2D eigenvalue weighted by molar-refractivity contribution is 9.10. The number of benzene rings is 2. The van der Waals surface area contributed by atoms with E-state index in [0.717, 1.165) is 25.4 Å². The maximum Gasteiger partial charge on any atom is 0.299 e. The average Bonchev–Trinajstić information content (AvgIpc) is 2.98. The maximum atomic E-state index is 12.9. The molecule has 0 aliphatic heterocycles. The standard InChI is InChI=1S/C16H10BrF2N5/c17-11-3-1-10-8-12(4-2-9(10)7-11)20-13-5-6-14-21-22-16(15(18)19)24(14)23-13/h1-8,15H,(H,20,23). The van der Waals surface area contributed by atoms with Crippen LogP contribution in [0.1, 0.15) is 12.2 Å². The van der Waals surface area contributed by atoms with E-state index < -0.39 is 12.2 Å². The number of alkyl halides is 2. The van der Waals surface area contributed by atoms with Gasteiger partial charge in [0.15, 0.2) is 11.5 Å². The Hall–Kier alpha value is -2.61. The second kappa shape index (κ2) is 5.79. The van der Waals surface area contributed by atoms with Crippen LogP contribution in [0.15, 0.2) is 53.0 Å². The van der Waals surface area contributed by atoms with Crippen LogP contribution in [0.2, 0.25) is 0 Å². The number of aromatic nitrogens is 4. The van der Waals surface area contributed by atoms with E-state index >= 15 is 0 Å². The highest BCUT2D eigenvalue weighted by Gasteiger charge is 2.17. The van der Waals surface area contributed by atoms with Crippen molar-refractivity contribution in [3.8, 4) is 0 Å². The molecule has 0 fully saturated rings. The van der Waals surface area contributed by atoms with Crippen LogP contribution in [0.3, 0.4) is 0 Å². The summed E-state index contributed by atoms with van der Waals surface area (Å²) in [4.78, 5) is 0. The highest BCUT2D eigenvalue weighted by Crippen LogP contribution is 2.25.